The van der Waals surface area contributed by atoms with E-state index in [-0.39, 0.29) is 0 Å². The van der Waals surface area contributed by atoms with Crippen molar-refractivity contribution in [2.75, 3.05) is 13.2 Å². The molecule has 5 nitrogen and oxygen atoms in total. The van der Waals surface area contributed by atoms with Crippen LogP contribution in [0, 0.1) is 0 Å². The topological polar surface area (TPSA) is 104 Å². The molecule has 0 saturated carbocycles. The average molecular weight is 237 g/mol. The molecule has 0 aliphatic rings. The molecule has 0 radical (unpaired) electrons. The van der Waals surface area contributed by atoms with Gasteiger partial charge in [0.05, 0.1) is 12.6 Å². The Morgan fingerprint density at radius 2 is 1.94 bits per heavy atom. The lowest BCUT2D eigenvalue weighted by atomic mass is 10.1. The summed E-state index contributed by atoms with van der Waals surface area (Å²) >= 11 is 0. The molecule has 1 aromatic rings. The van der Waals surface area contributed by atoms with E-state index in [0.29, 0.717) is 19.6 Å². The molecule has 1 atom stereocenters. The van der Waals surface area contributed by atoms with Crippen LogP contribution in [0.15, 0.2) is 24.3 Å². The molecular formula is C12H19N3O2. The van der Waals surface area contributed by atoms with Crippen molar-refractivity contribution in [3.8, 4) is 5.75 Å². The predicted octanol–water partition coefficient (Wildman–Crippen LogP) is -0.231. The van der Waals surface area contributed by atoms with Gasteiger partial charge >= 0.3 is 0 Å². The van der Waals surface area contributed by atoms with Crippen LogP contribution in [0.1, 0.15) is 12.0 Å². The van der Waals surface area contributed by atoms with Crippen LogP contribution in [-0.2, 0) is 11.2 Å². The van der Waals surface area contributed by atoms with Crippen LogP contribution in [0.5, 0.6) is 5.75 Å². The number of carbonyl (C=O) groups excluding carboxylic acids is 1. The highest BCUT2D eigenvalue weighted by atomic mass is 16.5. The Morgan fingerprint density at radius 1 is 1.29 bits per heavy atom. The van der Waals surface area contributed by atoms with E-state index < -0.39 is 11.9 Å². The number of nitrogens with two attached hydrogens (primary N) is 3. The quantitative estimate of drug-likeness (QED) is 0.570. The van der Waals surface area contributed by atoms with E-state index in [1.54, 1.807) is 0 Å². The number of amides is 1. The molecule has 0 aliphatic carbocycles. The molecule has 0 fully saturated rings. The van der Waals surface area contributed by atoms with Gasteiger partial charge in [-0.1, -0.05) is 12.1 Å². The second-order valence-electron chi connectivity index (χ2n) is 3.85. The molecule has 1 rings (SSSR count). The first-order valence-electron chi connectivity index (χ1n) is 5.60. The van der Waals surface area contributed by atoms with Crippen LogP contribution in [-0.4, -0.2) is 25.1 Å². The van der Waals surface area contributed by atoms with E-state index >= 15 is 0 Å². The number of benzene rings is 1. The van der Waals surface area contributed by atoms with E-state index in [1.165, 1.54) is 0 Å². The molecule has 1 aromatic carbocycles. The van der Waals surface area contributed by atoms with E-state index in [1.807, 2.05) is 24.3 Å². The van der Waals surface area contributed by atoms with E-state index in [2.05, 4.69) is 0 Å². The van der Waals surface area contributed by atoms with Crippen molar-refractivity contribution >= 4 is 5.91 Å². The summed E-state index contributed by atoms with van der Waals surface area (Å²) in [6.07, 6.45) is 1.27. The van der Waals surface area contributed by atoms with Crippen LogP contribution in [0.4, 0.5) is 0 Å². The molecule has 0 spiro atoms. The largest absolute Gasteiger partial charge is 0.494 e. The van der Waals surface area contributed by atoms with Crippen LogP contribution in [0.25, 0.3) is 0 Å². The molecule has 94 valence electrons. The van der Waals surface area contributed by atoms with Crippen molar-refractivity contribution in [2.45, 2.75) is 18.9 Å². The first-order chi connectivity index (χ1) is 8.13. The highest BCUT2D eigenvalue weighted by Gasteiger charge is 2.09. The van der Waals surface area contributed by atoms with Crippen molar-refractivity contribution in [1.82, 2.24) is 0 Å². The zero-order chi connectivity index (χ0) is 12.7. The summed E-state index contributed by atoms with van der Waals surface area (Å²) in [6.45, 7) is 1.22. The fourth-order valence-corrected chi connectivity index (χ4v) is 1.35. The van der Waals surface area contributed by atoms with E-state index in [9.17, 15) is 4.79 Å². The first-order valence-corrected chi connectivity index (χ1v) is 5.60. The summed E-state index contributed by atoms with van der Waals surface area (Å²) in [6, 6.07) is 6.80. The molecule has 0 heterocycles. The third-order valence-corrected chi connectivity index (χ3v) is 2.36. The van der Waals surface area contributed by atoms with Gasteiger partial charge in [-0.3, -0.25) is 4.79 Å². The van der Waals surface area contributed by atoms with Crippen LogP contribution in [0.3, 0.4) is 0 Å². The molecule has 5 heteroatoms. The highest BCUT2D eigenvalue weighted by Crippen LogP contribution is 2.13. The minimum Gasteiger partial charge on any atom is -0.494 e. The minimum atomic E-state index is -0.640. The summed E-state index contributed by atoms with van der Waals surface area (Å²) < 4.78 is 5.45. The average Bonchev–Trinajstić information content (AvgIpc) is 2.31. The van der Waals surface area contributed by atoms with Gasteiger partial charge in [0.25, 0.3) is 0 Å². The Labute approximate surface area is 101 Å². The number of rotatable bonds is 7. The Bertz CT molecular complexity index is 351. The number of hydrogen-bond donors (Lipinski definition) is 3. The van der Waals surface area contributed by atoms with Gasteiger partial charge < -0.3 is 21.9 Å². The number of primary amides is 1. The Hall–Kier alpha value is -1.59. The zero-order valence-corrected chi connectivity index (χ0v) is 9.76. The lowest BCUT2D eigenvalue weighted by molar-refractivity contribution is -0.119. The van der Waals surface area contributed by atoms with Gasteiger partial charge in [-0.25, -0.2) is 0 Å². The monoisotopic (exact) mass is 237 g/mol. The zero-order valence-electron chi connectivity index (χ0n) is 9.76. The van der Waals surface area contributed by atoms with Crippen molar-refractivity contribution in [2.24, 2.45) is 17.2 Å². The van der Waals surface area contributed by atoms with E-state index in [0.717, 1.165) is 17.7 Å². The fourth-order valence-electron chi connectivity index (χ4n) is 1.35. The lowest BCUT2D eigenvalue weighted by Gasteiger charge is -2.09. The molecule has 0 bridgehead atoms. The highest BCUT2D eigenvalue weighted by molar-refractivity contribution is 5.79. The van der Waals surface area contributed by atoms with Gasteiger partial charge in [-0.2, -0.15) is 0 Å². The Balaban J connectivity index is 2.47. The van der Waals surface area contributed by atoms with Crippen molar-refractivity contribution in [3.63, 3.8) is 0 Å². The summed E-state index contributed by atoms with van der Waals surface area (Å²) in [5.74, 6) is 0.295. The van der Waals surface area contributed by atoms with Gasteiger partial charge in [0.2, 0.25) is 5.91 Å². The lowest BCUT2D eigenvalue weighted by Crippen LogP contribution is -2.38. The molecule has 1 amide bonds. The van der Waals surface area contributed by atoms with Gasteiger partial charge in [0, 0.05) is 0 Å². The van der Waals surface area contributed by atoms with Gasteiger partial charge in [0.1, 0.15) is 5.75 Å². The maximum absolute atomic E-state index is 10.8. The summed E-state index contributed by atoms with van der Waals surface area (Å²) in [5, 5.41) is 0. The van der Waals surface area contributed by atoms with Crippen LogP contribution >= 0.6 is 0 Å². The van der Waals surface area contributed by atoms with Gasteiger partial charge in [-0.15, -0.1) is 0 Å². The third kappa shape index (κ3) is 4.84. The first kappa shape index (κ1) is 13.5. The number of ether oxygens (including phenoxy) is 1. The number of hydrogen-bond acceptors (Lipinski definition) is 4. The Kier molecular flexibility index (Phi) is 5.45. The maximum atomic E-state index is 10.8. The molecule has 0 aliphatic heterocycles. The smallest absolute Gasteiger partial charge is 0.234 e. The van der Waals surface area contributed by atoms with Crippen molar-refractivity contribution in [1.29, 1.82) is 0 Å². The molecule has 0 saturated heterocycles. The van der Waals surface area contributed by atoms with Crippen LogP contribution < -0.4 is 21.9 Å². The minimum absolute atomic E-state index is 0.443. The molecule has 6 N–H and O–H groups in total. The second kappa shape index (κ2) is 6.88. The maximum Gasteiger partial charge on any atom is 0.234 e. The summed E-state index contributed by atoms with van der Waals surface area (Å²) in [5.41, 5.74) is 17.0. The van der Waals surface area contributed by atoms with Gasteiger partial charge in [0.15, 0.2) is 0 Å². The summed E-state index contributed by atoms with van der Waals surface area (Å²) in [7, 11) is 0. The normalized spacial score (nSPS) is 12.1. The molecule has 1 unspecified atom stereocenters. The predicted molar refractivity (Wildman–Crippen MR) is 66.5 cm³/mol. The van der Waals surface area contributed by atoms with Crippen LogP contribution in [0.2, 0.25) is 0 Å². The SMILES string of the molecule is NCCCOc1ccc(CC(N)C(N)=O)cc1. The fraction of sp³-hybridized carbons (Fsp3) is 0.417. The van der Waals surface area contributed by atoms with E-state index in [4.69, 9.17) is 21.9 Å². The number of carbonyl (C=O) groups is 1. The standard InChI is InChI=1S/C12H19N3O2/c13-6-1-7-17-10-4-2-9(3-5-10)8-11(14)12(15)16/h2-5,11H,1,6-8,13-14H2,(H2,15,16). The summed E-state index contributed by atoms with van der Waals surface area (Å²) in [4.78, 5) is 10.8. The second-order valence-corrected chi connectivity index (χ2v) is 3.85. The van der Waals surface area contributed by atoms with Gasteiger partial charge in [-0.05, 0) is 37.1 Å². The van der Waals surface area contributed by atoms with Crippen molar-refractivity contribution in [3.05, 3.63) is 29.8 Å². The molecule has 0 aromatic heterocycles. The molecule has 17 heavy (non-hydrogen) atoms. The molecular weight excluding hydrogens is 218 g/mol. The third-order valence-electron chi connectivity index (χ3n) is 2.36. The Morgan fingerprint density at radius 3 is 2.47 bits per heavy atom. The van der Waals surface area contributed by atoms with Crippen molar-refractivity contribution < 1.29 is 9.53 Å².